The first-order valence-electron chi connectivity index (χ1n) is 4.89. The van der Waals surface area contributed by atoms with Gasteiger partial charge in [-0.1, -0.05) is 35.7 Å². The van der Waals surface area contributed by atoms with Gasteiger partial charge in [-0.3, -0.25) is 0 Å². The number of aryl methyl sites for hydroxylation is 1. The van der Waals surface area contributed by atoms with Crippen LogP contribution in [0.5, 0.6) is 0 Å². The van der Waals surface area contributed by atoms with Crippen LogP contribution in [0.2, 0.25) is 0 Å². The van der Waals surface area contributed by atoms with Gasteiger partial charge in [0, 0.05) is 5.56 Å². The predicted octanol–water partition coefficient (Wildman–Crippen LogP) is 3.43. The third-order valence-corrected chi connectivity index (χ3v) is 2.27. The van der Waals surface area contributed by atoms with Gasteiger partial charge in [-0.2, -0.15) is 0 Å². The van der Waals surface area contributed by atoms with Crippen molar-refractivity contribution in [3.05, 3.63) is 47.7 Å². The molecule has 1 aromatic carbocycles. The second-order valence-corrected chi connectivity index (χ2v) is 3.51. The van der Waals surface area contributed by atoms with Gasteiger partial charge in [-0.15, -0.1) is 6.42 Å². The number of rotatable bonds is 2. The van der Waals surface area contributed by atoms with Gasteiger partial charge in [-0.25, -0.2) is 0 Å². The molecule has 0 amide bonds. The second-order valence-electron chi connectivity index (χ2n) is 3.51. The van der Waals surface area contributed by atoms with Gasteiger partial charge >= 0.3 is 0 Å². The minimum Gasteiger partial charge on any atom is -0.460 e. The second kappa shape index (κ2) is 4.06. The van der Waals surface area contributed by atoms with E-state index in [-0.39, 0.29) is 0 Å². The molecule has 0 unspecified atom stereocenters. The standard InChI is InChI=1S/C14H12O/c1-3-4-13-9-10-14(15-13)12-7-5-11(2)6-8-12/h1,5-10H,4H2,2H3. The van der Waals surface area contributed by atoms with Gasteiger partial charge in [0.1, 0.15) is 11.5 Å². The Labute approximate surface area is 89.7 Å². The topological polar surface area (TPSA) is 13.1 Å². The monoisotopic (exact) mass is 196 g/mol. The van der Waals surface area contributed by atoms with Crippen LogP contribution in [0.15, 0.2) is 40.8 Å². The van der Waals surface area contributed by atoms with Crippen molar-refractivity contribution in [1.29, 1.82) is 0 Å². The van der Waals surface area contributed by atoms with Crippen molar-refractivity contribution in [3.63, 3.8) is 0 Å². The summed E-state index contributed by atoms with van der Waals surface area (Å²) in [6.45, 7) is 2.07. The molecule has 0 radical (unpaired) electrons. The predicted molar refractivity (Wildman–Crippen MR) is 61.4 cm³/mol. The van der Waals surface area contributed by atoms with Crippen LogP contribution in [0, 0.1) is 19.3 Å². The van der Waals surface area contributed by atoms with Crippen molar-refractivity contribution >= 4 is 0 Å². The van der Waals surface area contributed by atoms with Gasteiger partial charge in [0.2, 0.25) is 0 Å². The largest absolute Gasteiger partial charge is 0.460 e. The quantitative estimate of drug-likeness (QED) is 0.671. The lowest BCUT2D eigenvalue weighted by Gasteiger charge is -1.97. The Bertz CT molecular complexity index is 483. The highest BCUT2D eigenvalue weighted by atomic mass is 16.3. The lowest BCUT2D eigenvalue weighted by Crippen LogP contribution is -1.75. The normalized spacial score (nSPS) is 9.87. The summed E-state index contributed by atoms with van der Waals surface area (Å²) in [5.74, 6) is 4.28. The molecule has 0 bridgehead atoms. The molecule has 15 heavy (non-hydrogen) atoms. The fourth-order valence-corrected chi connectivity index (χ4v) is 1.45. The molecule has 74 valence electrons. The smallest absolute Gasteiger partial charge is 0.134 e. The zero-order valence-corrected chi connectivity index (χ0v) is 8.66. The molecule has 0 spiro atoms. The number of terminal acetylenes is 1. The van der Waals surface area contributed by atoms with Crippen LogP contribution in [0.3, 0.4) is 0 Å². The maximum atomic E-state index is 5.61. The highest BCUT2D eigenvalue weighted by molar-refractivity contribution is 5.57. The summed E-state index contributed by atoms with van der Waals surface area (Å²) in [6.07, 6.45) is 5.77. The van der Waals surface area contributed by atoms with Crippen LogP contribution >= 0.6 is 0 Å². The first-order chi connectivity index (χ1) is 7.29. The zero-order valence-electron chi connectivity index (χ0n) is 8.66. The molecule has 0 saturated carbocycles. The lowest BCUT2D eigenvalue weighted by molar-refractivity contribution is 0.539. The third-order valence-electron chi connectivity index (χ3n) is 2.27. The molecule has 0 aliphatic rings. The van der Waals surface area contributed by atoms with Gasteiger partial charge in [0.05, 0.1) is 6.42 Å². The van der Waals surface area contributed by atoms with E-state index < -0.39 is 0 Å². The molecule has 0 atom stereocenters. The molecule has 0 aliphatic heterocycles. The molecule has 1 heterocycles. The van der Waals surface area contributed by atoms with E-state index in [2.05, 4.69) is 25.0 Å². The number of hydrogen-bond donors (Lipinski definition) is 0. The Balaban J connectivity index is 2.30. The molecule has 0 N–H and O–H groups in total. The Kier molecular flexibility index (Phi) is 2.60. The molecule has 1 nitrogen and oxygen atoms in total. The van der Waals surface area contributed by atoms with Crippen LogP contribution < -0.4 is 0 Å². The lowest BCUT2D eigenvalue weighted by atomic mass is 10.1. The van der Waals surface area contributed by atoms with Crippen molar-refractivity contribution in [2.45, 2.75) is 13.3 Å². The first kappa shape index (κ1) is 9.61. The summed E-state index contributed by atoms with van der Waals surface area (Å²) in [6, 6.07) is 12.1. The Morgan fingerprint density at radius 1 is 1.13 bits per heavy atom. The van der Waals surface area contributed by atoms with E-state index in [1.54, 1.807) is 0 Å². The zero-order chi connectivity index (χ0) is 10.7. The van der Waals surface area contributed by atoms with E-state index in [4.69, 9.17) is 10.8 Å². The van der Waals surface area contributed by atoms with E-state index in [9.17, 15) is 0 Å². The van der Waals surface area contributed by atoms with Crippen molar-refractivity contribution in [2.24, 2.45) is 0 Å². The number of hydrogen-bond acceptors (Lipinski definition) is 1. The van der Waals surface area contributed by atoms with Crippen molar-refractivity contribution in [3.8, 4) is 23.7 Å². The average Bonchev–Trinajstić information content (AvgIpc) is 2.68. The number of benzene rings is 1. The molecule has 0 saturated heterocycles. The van der Waals surface area contributed by atoms with Gasteiger partial charge in [-0.05, 0) is 19.1 Å². The Hall–Kier alpha value is -1.94. The van der Waals surface area contributed by atoms with Crippen molar-refractivity contribution < 1.29 is 4.42 Å². The maximum absolute atomic E-state index is 5.61. The summed E-state index contributed by atoms with van der Waals surface area (Å²) >= 11 is 0. The molecule has 0 aliphatic carbocycles. The van der Waals surface area contributed by atoms with Gasteiger partial charge in [0.15, 0.2) is 0 Å². The minimum atomic E-state index is 0.547. The Morgan fingerprint density at radius 2 is 1.87 bits per heavy atom. The summed E-state index contributed by atoms with van der Waals surface area (Å²) in [5.41, 5.74) is 2.33. The van der Waals surface area contributed by atoms with Crippen LogP contribution in [0.4, 0.5) is 0 Å². The fraction of sp³-hybridized carbons (Fsp3) is 0.143. The maximum Gasteiger partial charge on any atom is 0.134 e. The van der Waals surface area contributed by atoms with E-state index in [1.807, 2.05) is 24.3 Å². The SMILES string of the molecule is C#CCc1ccc(-c2ccc(C)cc2)o1. The van der Waals surface area contributed by atoms with Crippen LogP contribution in [0.25, 0.3) is 11.3 Å². The van der Waals surface area contributed by atoms with Gasteiger partial charge in [0.25, 0.3) is 0 Å². The van der Waals surface area contributed by atoms with E-state index in [0.717, 1.165) is 17.1 Å². The van der Waals surface area contributed by atoms with E-state index >= 15 is 0 Å². The molecule has 2 rings (SSSR count). The van der Waals surface area contributed by atoms with E-state index in [1.165, 1.54) is 5.56 Å². The summed E-state index contributed by atoms with van der Waals surface area (Å²) in [5, 5.41) is 0. The van der Waals surface area contributed by atoms with E-state index in [0.29, 0.717) is 6.42 Å². The summed E-state index contributed by atoms with van der Waals surface area (Å²) in [7, 11) is 0. The molecular weight excluding hydrogens is 184 g/mol. The highest BCUT2D eigenvalue weighted by Gasteiger charge is 2.02. The third kappa shape index (κ3) is 2.11. The van der Waals surface area contributed by atoms with Crippen LogP contribution in [0.1, 0.15) is 11.3 Å². The molecule has 1 heteroatoms. The minimum absolute atomic E-state index is 0.547. The van der Waals surface area contributed by atoms with Crippen LogP contribution in [-0.2, 0) is 6.42 Å². The first-order valence-corrected chi connectivity index (χ1v) is 4.89. The Morgan fingerprint density at radius 3 is 2.53 bits per heavy atom. The highest BCUT2D eigenvalue weighted by Crippen LogP contribution is 2.22. The summed E-state index contributed by atoms with van der Waals surface area (Å²) < 4.78 is 5.61. The van der Waals surface area contributed by atoms with Crippen molar-refractivity contribution in [2.75, 3.05) is 0 Å². The molecule has 1 aromatic heterocycles. The van der Waals surface area contributed by atoms with Crippen molar-refractivity contribution in [1.82, 2.24) is 0 Å². The summed E-state index contributed by atoms with van der Waals surface area (Å²) in [4.78, 5) is 0. The molecule has 2 aromatic rings. The average molecular weight is 196 g/mol. The number of furan rings is 1. The van der Waals surface area contributed by atoms with Gasteiger partial charge < -0.3 is 4.42 Å². The van der Waals surface area contributed by atoms with Crippen LogP contribution in [-0.4, -0.2) is 0 Å². The fourth-order valence-electron chi connectivity index (χ4n) is 1.45. The molecule has 0 fully saturated rings. The molecular formula is C14H12O.